The third-order valence-corrected chi connectivity index (χ3v) is 5.17. The van der Waals surface area contributed by atoms with Crippen molar-refractivity contribution >= 4 is 10.0 Å². The molecule has 1 aromatic rings. The van der Waals surface area contributed by atoms with E-state index in [-0.39, 0.29) is 0 Å². The summed E-state index contributed by atoms with van der Waals surface area (Å²) in [6.07, 6.45) is 0.611. The molecule has 0 aliphatic rings. The standard InChI is InChI=1S/C14H24N2O4S/c1-15-8-7-12-11-13(20-4)5-6-14(12)21(17,18)16(2)9-10-19-3/h5-6,11,15H,7-10H2,1-4H3. The molecule has 0 amide bonds. The summed E-state index contributed by atoms with van der Waals surface area (Å²) in [6, 6.07) is 5.04. The Morgan fingerprint density at radius 1 is 1.29 bits per heavy atom. The second-order valence-corrected chi connectivity index (χ2v) is 6.66. The van der Waals surface area contributed by atoms with Crippen molar-refractivity contribution in [3.63, 3.8) is 0 Å². The van der Waals surface area contributed by atoms with E-state index in [1.807, 2.05) is 7.05 Å². The van der Waals surface area contributed by atoms with Crippen molar-refractivity contribution in [3.05, 3.63) is 23.8 Å². The average molecular weight is 316 g/mol. The predicted molar refractivity (Wildman–Crippen MR) is 82.3 cm³/mol. The van der Waals surface area contributed by atoms with Gasteiger partial charge in [-0.1, -0.05) is 0 Å². The van der Waals surface area contributed by atoms with Gasteiger partial charge in [0.15, 0.2) is 0 Å². The van der Waals surface area contributed by atoms with Gasteiger partial charge in [0.05, 0.1) is 18.6 Å². The molecule has 0 fully saturated rings. The largest absolute Gasteiger partial charge is 0.497 e. The molecule has 0 saturated carbocycles. The van der Waals surface area contributed by atoms with Crippen LogP contribution >= 0.6 is 0 Å². The molecule has 6 nitrogen and oxygen atoms in total. The number of ether oxygens (including phenoxy) is 2. The summed E-state index contributed by atoms with van der Waals surface area (Å²) in [5.41, 5.74) is 0.743. The highest BCUT2D eigenvalue weighted by Crippen LogP contribution is 2.24. The van der Waals surface area contributed by atoms with Gasteiger partial charge in [0.2, 0.25) is 10.0 Å². The van der Waals surface area contributed by atoms with Crippen molar-refractivity contribution in [2.24, 2.45) is 0 Å². The average Bonchev–Trinajstić information content (AvgIpc) is 2.49. The molecule has 0 aliphatic heterocycles. The number of methoxy groups -OCH3 is 2. The lowest BCUT2D eigenvalue weighted by molar-refractivity contribution is 0.185. The molecule has 1 rings (SSSR count). The third-order valence-electron chi connectivity index (χ3n) is 3.21. The number of benzene rings is 1. The molecular weight excluding hydrogens is 292 g/mol. The molecule has 1 N–H and O–H groups in total. The van der Waals surface area contributed by atoms with Crippen LogP contribution in [0.1, 0.15) is 5.56 Å². The van der Waals surface area contributed by atoms with E-state index >= 15 is 0 Å². The Bertz CT molecular complexity index is 546. The van der Waals surface area contributed by atoms with E-state index < -0.39 is 10.0 Å². The van der Waals surface area contributed by atoms with E-state index in [0.717, 1.165) is 5.56 Å². The molecular formula is C14H24N2O4S. The van der Waals surface area contributed by atoms with Crippen molar-refractivity contribution in [2.75, 3.05) is 48.0 Å². The van der Waals surface area contributed by atoms with Crippen LogP contribution in [0.15, 0.2) is 23.1 Å². The molecule has 120 valence electrons. The minimum atomic E-state index is -3.53. The van der Waals surface area contributed by atoms with E-state index in [1.165, 1.54) is 4.31 Å². The smallest absolute Gasteiger partial charge is 0.243 e. The number of likely N-dealkylation sites (N-methyl/N-ethyl adjacent to an activating group) is 2. The summed E-state index contributed by atoms with van der Waals surface area (Å²) in [6.45, 7) is 1.37. The van der Waals surface area contributed by atoms with E-state index in [1.54, 1.807) is 39.5 Å². The van der Waals surface area contributed by atoms with Gasteiger partial charge in [-0.15, -0.1) is 0 Å². The monoisotopic (exact) mass is 316 g/mol. The number of hydrogen-bond donors (Lipinski definition) is 1. The van der Waals surface area contributed by atoms with Crippen LogP contribution in [0, 0.1) is 0 Å². The van der Waals surface area contributed by atoms with Crippen molar-refractivity contribution < 1.29 is 17.9 Å². The van der Waals surface area contributed by atoms with E-state index in [2.05, 4.69) is 5.32 Å². The van der Waals surface area contributed by atoms with E-state index in [0.29, 0.717) is 36.8 Å². The Morgan fingerprint density at radius 2 is 2.00 bits per heavy atom. The zero-order chi connectivity index (χ0) is 15.9. The van der Waals surface area contributed by atoms with Gasteiger partial charge in [-0.25, -0.2) is 8.42 Å². The highest BCUT2D eigenvalue weighted by molar-refractivity contribution is 7.89. The molecule has 7 heteroatoms. The highest BCUT2D eigenvalue weighted by Gasteiger charge is 2.23. The Kier molecular flexibility index (Phi) is 7.10. The second-order valence-electron chi connectivity index (χ2n) is 4.65. The van der Waals surface area contributed by atoms with E-state index in [4.69, 9.17) is 9.47 Å². The molecule has 0 aliphatic carbocycles. The normalized spacial score (nSPS) is 11.9. The van der Waals surface area contributed by atoms with Crippen molar-refractivity contribution in [1.82, 2.24) is 9.62 Å². The summed E-state index contributed by atoms with van der Waals surface area (Å²) in [4.78, 5) is 0.317. The number of nitrogens with zero attached hydrogens (tertiary/aromatic N) is 1. The molecule has 0 saturated heterocycles. The molecule has 0 spiro atoms. The fourth-order valence-corrected chi connectivity index (χ4v) is 3.28. The Labute approximate surface area is 127 Å². The number of rotatable bonds is 9. The lowest BCUT2D eigenvalue weighted by Gasteiger charge is -2.19. The molecule has 0 atom stereocenters. The van der Waals surface area contributed by atoms with Gasteiger partial charge in [0, 0.05) is 20.7 Å². The van der Waals surface area contributed by atoms with Gasteiger partial charge in [-0.3, -0.25) is 0 Å². The highest BCUT2D eigenvalue weighted by atomic mass is 32.2. The molecule has 0 unspecified atom stereocenters. The molecule has 1 aromatic carbocycles. The maximum absolute atomic E-state index is 12.6. The lowest BCUT2D eigenvalue weighted by Crippen LogP contribution is -2.31. The van der Waals surface area contributed by atoms with Crippen LogP contribution in [0.5, 0.6) is 5.75 Å². The van der Waals surface area contributed by atoms with Crippen molar-refractivity contribution in [3.8, 4) is 5.75 Å². The Balaban J connectivity index is 3.14. The molecule has 21 heavy (non-hydrogen) atoms. The minimum Gasteiger partial charge on any atom is -0.497 e. The maximum Gasteiger partial charge on any atom is 0.243 e. The van der Waals surface area contributed by atoms with Gasteiger partial charge < -0.3 is 14.8 Å². The van der Waals surface area contributed by atoms with Gasteiger partial charge in [0.1, 0.15) is 5.75 Å². The first-order valence-electron chi connectivity index (χ1n) is 6.74. The van der Waals surface area contributed by atoms with E-state index in [9.17, 15) is 8.42 Å². The minimum absolute atomic E-state index is 0.316. The topological polar surface area (TPSA) is 67.9 Å². The molecule has 0 heterocycles. The fraction of sp³-hybridized carbons (Fsp3) is 0.571. The van der Waals surface area contributed by atoms with Gasteiger partial charge in [0.25, 0.3) is 0 Å². The number of hydrogen-bond acceptors (Lipinski definition) is 5. The first-order chi connectivity index (χ1) is 9.97. The number of sulfonamides is 1. The van der Waals surface area contributed by atoms with Gasteiger partial charge in [-0.05, 0) is 43.8 Å². The van der Waals surface area contributed by atoms with Crippen LogP contribution < -0.4 is 10.1 Å². The summed E-state index contributed by atoms with van der Waals surface area (Å²) >= 11 is 0. The zero-order valence-corrected chi connectivity index (χ0v) is 13.9. The SMILES string of the molecule is CNCCc1cc(OC)ccc1S(=O)(=O)N(C)CCOC. The number of nitrogens with one attached hydrogen (secondary N) is 1. The second kappa shape index (κ2) is 8.33. The van der Waals surface area contributed by atoms with Gasteiger partial charge in [-0.2, -0.15) is 4.31 Å². The lowest BCUT2D eigenvalue weighted by atomic mass is 10.1. The van der Waals surface area contributed by atoms with Crippen LogP contribution in [0.4, 0.5) is 0 Å². The maximum atomic E-state index is 12.6. The summed E-state index contributed by atoms with van der Waals surface area (Å²) in [5.74, 6) is 0.652. The van der Waals surface area contributed by atoms with Crippen molar-refractivity contribution in [1.29, 1.82) is 0 Å². The third kappa shape index (κ3) is 4.67. The summed E-state index contributed by atoms with van der Waals surface area (Å²) in [7, 11) is 2.97. The summed E-state index contributed by atoms with van der Waals surface area (Å²) in [5, 5.41) is 3.03. The van der Waals surface area contributed by atoms with Crippen LogP contribution in [0.2, 0.25) is 0 Å². The Morgan fingerprint density at radius 3 is 2.57 bits per heavy atom. The quantitative estimate of drug-likeness (QED) is 0.727. The molecule has 0 aromatic heterocycles. The van der Waals surface area contributed by atoms with Crippen LogP contribution in [0.3, 0.4) is 0 Å². The first-order valence-corrected chi connectivity index (χ1v) is 8.18. The first kappa shape index (κ1) is 17.9. The van der Waals surface area contributed by atoms with Crippen LogP contribution in [-0.4, -0.2) is 60.7 Å². The van der Waals surface area contributed by atoms with Gasteiger partial charge >= 0.3 is 0 Å². The predicted octanol–water partition coefficient (Wildman–Crippen LogP) is 0.724. The molecule has 0 bridgehead atoms. The van der Waals surface area contributed by atoms with Crippen LogP contribution in [0.25, 0.3) is 0 Å². The van der Waals surface area contributed by atoms with Crippen molar-refractivity contribution in [2.45, 2.75) is 11.3 Å². The fourth-order valence-electron chi connectivity index (χ4n) is 1.90. The van der Waals surface area contributed by atoms with Crippen LogP contribution in [-0.2, 0) is 21.2 Å². The summed E-state index contributed by atoms with van der Waals surface area (Å²) < 4.78 is 36.7. The molecule has 0 radical (unpaired) electrons. The zero-order valence-electron chi connectivity index (χ0n) is 13.0. The Hall–Kier alpha value is -1.15.